The summed E-state index contributed by atoms with van der Waals surface area (Å²) in [6, 6.07) is 55.4. The molecule has 0 fully saturated rings. The largest absolute Gasteiger partial charge is 0.455 e. The molecule has 0 radical (unpaired) electrons. The van der Waals surface area contributed by atoms with Gasteiger partial charge in [-0.15, -0.1) is 11.3 Å². The number of benzene rings is 7. The van der Waals surface area contributed by atoms with Gasteiger partial charge in [0.25, 0.3) is 0 Å². The highest BCUT2D eigenvalue weighted by Crippen LogP contribution is 2.43. The van der Waals surface area contributed by atoms with Crippen LogP contribution in [-0.2, 0) is 0 Å². The maximum Gasteiger partial charge on any atom is 0.160 e. The van der Waals surface area contributed by atoms with Gasteiger partial charge in [-0.05, 0) is 58.0 Å². The molecule has 7 aromatic carbocycles. The second-order valence-electron chi connectivity index (χ2n) is 12.1. The average molecular weight is 631 g/mol. The van der Waals surface area contributed by atoms with E-state index in [9.17, 15) is 0 Å². The highest BCUT2D eigenvalue weighted by molar-refractivity contribution is 7.26. The first kappa shape index (κ1) is 27.1. The van der Waals surface area contributed by atoms with E-state index >= 15 is 0 Å². The van der Waals surface area contributed by atoms with E-state index in [1.54, 1.807) is 11.3 Å². The fraction of sp³-hybridized carbons (Fsp3) is 0. The quantitative estimate of drug-likeness (QED) is 0.194. The van der Waals surface area contributed by atoms with Crippen molar-refractivity contribution < 1.29 is 4.42 Å². The number of aromatic nitrogens is 2. The number of thiophene rings is 1. The van der Waals surface area contributed by atoms with E-state index in [1.165, 1.54) is 15.8 Å². The van der Waals surface area contributed by atoms with Crippen LogP contribution in [0.15, 0.2) is 162 Å². The lowest BCUT2D eigenvalue weighted by Crippen LogP contribution is -1.94. The molecule has 0 aliphatic carbocycles. The van der Waals surface area contributed by atoms with Crippen molar-refractivity contribution in [3.05, 3.63) is 158 Å². The number of fused-ring (bicyclic) bond motifs is 8. The van der Waals surface area contributed by atoms with Crippen molar-refractivity contribution in [1.82, 2.24) is 9.97 Å². The first-order valence-electron chi connectivity index (χ1n) is 16.1. The van der Waals surface area contributed by atoms with Crippen LogP contribution in [0, 0.1) is 0 Å². The third kappa shape index (κ3) is 4.27. The van der Waals surface area contributed by atoms with Crippen LogP contribution in [0.5, 0.6) is 0 Å². The van der Waals surface area contributed by atoms with Gasteiger partial charge >= 0.3 is 0 Å². The first-order valence-corrected chi connectivity index (χ1v) is 16.9. The maximum atomic E-state index is 6.55. The molecule has 0 aliphatic rings. The van der Waals surface area contributed by atoms with Crippen molar-refractivity contribution in [2.75, 3.05) is 0 Å². The summed E-state index contributed by atoms with van der Waals surface area (Å²) in [5.41, 5.74) is 10.5. The lowest BCUT2D eigenvalue weighted by molar-refractivity contribution is 0.673. The summed E-state index contributed by atoms with van der Waals surface area (Å²) >= 11 is 1.76. The summed E-state index contributed by atoms with van der Waals surface area (Å²) in [7, 11) is 0. The predicted octanol–water partition coefficient (Wildman–Crippen LogP) is 12.6. The number of rotatable bonds is 4. The minimum Gasteiger partial charge on any atom is -0.455 e. The van der Waals surface area contributed by atoms with Crippen LogP contribution >= 0.6 is 11.3 Å². The van der Waals surface area contributed by atoms with Crippen molar-refractivity contribution in [2.45, 2.75) is 0 Å². The molecule has 0 amide bonds. The molecule has 224 valence electrons. The van der Waals surface area contributed by atoms with Crippen molar-refractivity contribution in [2.24, 2.45) is 0 Å². The van der Waals surface area contributed by atoms with E-state index in [0.717, 1.165) is 82.1 Å². The van der Waals surface area contributed by atoms with Crippen molar-refractivity contribution in [3.63, 3.8) is 0 Å². The molecule has 0 bridgehead atoms. The van der Waals surface area contributed by atoms with E-state index in [0.29, 0.717) is 0 Å². The van der Waals surface area contributed by atoms with Crippen LogP contribution in [0.3, 0.4) is 0 Å². The zero-order valence-electron chi connectivity index (χ0n) is 25.7. The van der Waals surface area contributed by atoms with Gasteiger partial charge in [0.05, 0.1) is 15.9 Å². The van der Waals surface area contributed by atoms with E-state index < -0.39 is 0 Å². The summed E-state index contributed by atoms with van der Waals surface area (Å²) in [5, 5.41) is 5.62. The second-order valence-corrected chi connectivity index (χ2v) is 13.2. The third-order valence-corrected chi connectivity index (χ3v) is 10.4. The SMILES string of the molecule is c1ccc(-c2ccc3oc4c5ccccc5c(-c5cccc(-c6nc(-c7ccccc7)c7sc8ccccc8c7n6)c5)cc4c3c2)cc1. The van der Waals surface area contributed by atoms with E-state index in [1.807, 2.05) is 6.07 Å². The molecule has 10 rings (SSSR count). The van der Waals surface area contributed by atoms with Gasteiger partial charge in [0, 0.05) is 37.4 Å². The second kappa shape index (κ2) is 10.7. The van der Waals surface area contributed by atoms with Crippen LogP contribution in [0.1, 0.15) is 0 Å². The Morgan fingerprint density at radius 1 is 0.438 bits per heavy atom. The van der Waals surface area contributed by atoms with Crippen molar-refractivity contribution >= 4 is 64.4 Å². The summed E-state index contributed by atoms with van der Waals surface area (Å²) in [6.45, 7) is 0. The van der Waals surface area contributed by atoms with Crippen LogP contribution in [0.2, 0.25) is 0 Å². The molecule has 0 saturated heterocycles. The summed E-state index contributed by atoms with van der Waals surface area (Å²) in [5.74, 6) is 0.721. The molecule has 0 atom stereocenters. The summed E-state index contributed by atoms with van der Waals surface area (Å²) < 4.78 is 8.87. The standard InChI is InChI=1S/C44H26N2OS/c1-3-12-27(13-4-1)29-22-23-38-36(25-29)37-26-35(32-18-7-8-19-33(32)42(37)47-38)30-16-11-17-31(24-30)44-45-40(28-14-5-2-6-15-28)43-41(46-44)34-20-9-10-21-39(34)48-43/h1-26H. The summed E-state index contributed by atoms with van der Waals surface area (Å²) in [4.78, 5) is 10.5. The molecular weight excluding hydrogens is 605 g/mol. The third-order valence-electron chi connectivity index (χ3n) is 9.28. The molecule has 0 aliphatic heterocycles. The van der Waals surface area contributed by atoms with Gasteiger partial charge in [0.1, 0.15) is 11.2 Å². The van der Waals surface area contributed by atoms with Crippen LogP contribution in [0.4, 0.5) is 0 Å². The summed E-state index contributed by atoms with van der Waals surface area (Å²) in [6.07, 6.45) is 0. The Morgan fingerprint density at radius 2 is 1.12 bits per heavy atom. The van der Waals surface area contributed by atoms with Gasteiger partial charge in [-0.1, -0.05) is 127 Å². The van der Waals surface area contributed by atoms with Crippen molar-refractivity contribution in [1.29, 1.82) is 0 Å². The molecule has 4 heteroatoms. The Kier molecular flexibility index (Phi) is 6.05. The lowest BCUT2D eigenvalue weighted by atomic mass is 9.94. The minimum atomic E-state index is 0.721. The van der Waals surface area contributed by atoms with Crippen LogP contribution in [0.25, 0.3) is 97.9 Å². The molecule has 3 nitrogen and oxygen atoms in total. The average Bonchev–Trinajstić information content (AvgIpc) is 3.73. The molecule has 0 unspecified atom stereocenters. The first-order chi connectivity index (χ1) is 23.8. The molecule has 48 heavy (non-hydrogen) atoms. The Labute approximate surface area is 280 Å². The van der Waals surface area contributed by atoms with E-state index in [4.69, 9.17) is 14.4 Å². The smallest absolute Gasteiger partial charge is 0.160 e. The minimum absolute atomic E-state index is 0.721. The maximum absolute atomic E-state index is 6.55. The van der Waals surface area contributed by atoms with Gasteiger partial charge in [-0.25, -0.2) is 9.97 Å². The monoisotopic (exact) mass is 630 g/mol. The van der Waals surface area contributed by atoms with Crippen LogP contribution < -0.4 is 0 Å². The van der Waals surface area contributed by atoms with Gasteiger partial charge in [0.15, 0.2) is 5.82 Å². The molecule has 3 heterocycles. The van der Waals surface area contributed by atoms with E-state index in [-0.39, 0.29) is 0 Å². The van der Waals surface area contributed by atoms with Crippen LogP contribution in [-0.4, -0.2) is 9.97 Å². The normalized spacial score (nSPS) is 11.8. The zero-order chi connectivity index (χ0) is 31.6. The number of hydrogen-bond acceptors (Lipinski definition) is 4. The number of furan rings is 1. The molecule has 0 spiro atoms. The molecule has 10 aromatic rings. The molecular formula is C44H26N2OS. The fourth-order valence-electron chi connectivity index (χ4n) is 6.98. The van der Waals surface area contributed by atoms with Gasteiger partial charge in [-0.3, -0.25) is 0 Å². The molecule has 3 aromatic heterocycles. The number of hydrogen-bond donors (Lipinski definition) is 0. The van der Waals surface area contributed by atoms with Gasteiger partial charge in [-0.2, -0.15) is 0 Å². The predicted molar refractivity (Wildman–Crippen MR) is 201 cm³/mol. The number of nitrogens with zero attached hydrogens (tertiary/aromatic N) is 2. The van der Waals surface area contributed by atoms with Gasteiger partial charge in [0.2, 0.25) is 0 Å². The van der Waals surface area contributed by atoms with Gasteiger partial charge < -0.3 is 4.42 Å². The Morgan fingerprint density at radius 3 is 1.96 bits per heavy atom. The molecule has 0 saturated carbocycles. The lowest BCUT2D eigenvalue weighted by Gasteiger charge is -2.11. The molecule has 0 N–H and O–H groups in total. The van der Waals surface area contributed by atoms with Crippen molar-refractivity contribution in [3.8, 4) is 44.9 Å². The topological polar surface area (TPSA) is 38.9 Å². The van der Waals surface area contributed by atoms with E-state index in [2.05, 4.69) is 152 Å². The Balaban J connectivity index is 1.19. The zero-order valence-corrected chi connectivity index (χ0v) is 26.5. The highest BCUT2D eigenvalue weighted by atomic mass is 32.1. The highest BCUT2D eigenvalue weighted by Gasteiger charge is 2.19. The Bertz CT molecular complexity index is 2830. The fourth-order valence-corrected chi connectivity index (χ4v) is 8.14. The Hall–Kier alpha value is -6.10.